The maximum Gasteiger partial charge on any atom is 0.0470 e. The Kier molecular flexibility index (Phi) is 4.24. The average Bonchev–Trinajstić information content (AvgIpc) is 2.39. The van der Waals surface area contributed by atoms with Crippen LogP contribution in [0.1, 0.15) is 37.7 Å². The third kappa shape index (κ3) is 3.36. The molecule has 1 N–H and O–H groups in total. The van der Waals surface area contributed by atoms with E-state index in [-0.39, 0.29) is 0 Å². The van der Waals surface area contributed by atoms with Gasteiger partial charge in [-0.3, -0.25) is 0 Å². The van der Waals surface area contributed by atoms with Crippen molar-refractivity contribution in [2.75, 3.05) is 5.32 Å². The van der Waals surface area contributed by atoms with Gasteiger partial charge in [0.15, 0.2) is 0 Å². The zero-order valence-corrected chi connectivity index (χ0v) is 10.8. The Morgan fingerprint density at radius 1 is 1.18 bits per heavy atom. The molecule has 1 saturated carbocycles. The van der Waals surface area contributed by atoms with Crippen molar-refractivity contribution >= 4 is 5.69 Å². The summed E-state index contributed by atoms with van der Waals surface area (Å²) >= 11 is 0. The summed E-state index contributed by atoms with van der Waals surface area (Å²) in [5, 5.41) is 3.61. The van der Waals surface area contributed by atoms with E-state index in [9.17, 15) is 0 Å². The topological polar surface area (TPSA) is 12.0 Å². The number of hydrogen-bond donors (Lipinski definition) is 1. The van der Waals surface area contributed by atoms with Crippen molar-refractivity contribution < 1.29 is 0 Å². The maximum absolute atomic E-state index is 3.99. The summed E-state index contributed by atoms with van der Waals surface area (Å²) in [4.78, 5) is 0. The van der Waals surface area contributed by atoms with E-state index in [4.69, 9.17) is 0 Å². The van der Waals surface area contributed by atoms with Gasteiger partial charge in [-0.15, -0.1) is 6.58 Å². The van der Waals surface area contributed by atoms with E-state index in [1.54, 1.807) is 0 Å². The summed E-state index contributed by atoms with van der Waals surface area (Å²) in [6, 6.07) is 9.06. The normalized spacial score (nSPS) is 18.6. The average molecular weight is 229 g/mol. The smallest absolute Gasteiger partial charge is 0.0470 e. The molecule has 1 aliphatic rings. The van der Waals surface area contributed by atoms with Crippen molar-refractivity contribution in [3.8, 4) is 0 Å². The van der Waals surface area contributed by atoms with Crippen LogP contribution in [0, 0.1) is 12.8 Å². The Morgan fingerprint density at radius 3 is 2.41 bits per heavy atom. The summed E-state index contributed by atoms with van der Waals surface area (Å²) in [6.07, 6.45) is 8.93. The van der Waals surface area contributed by atoms with E-state index in [0.29, 0.717) is 6.04 Å². The van der Waals surface area contributed by atoms with E-state index in [2.05, 4.69) is 49.2 Å². The molecule has 2 rings (SSSR count). The number of rotatable bonds is 4. The first-order valence-corrected chi connectivity index (χ1v) is 6.75. The molecular weight excluding hydrogens is 206 g/mol. The molecule has 0 aliphatic heterocycles. The van der Waals surface area contributed by atoms with E-state index in [1.807, 2.05) is 0 Å². The zero-order valence-electron chi connectivity index (χ0n) is 10.8. The first-order chi connectivity index (χ1) is 8.29. The van der Waals surface area contributed by atoms with Crippen LogP contribution in [0.4, 0.5) is 5.69 Å². The molecule has 0 amide bonds. The van der Waals surface area contributed by atoms with Crippen LogP contribution in [0.25, 0.3) is 0 Å². The number of aryl methyl sites for hydroxylation is 1. The third-order valence-corrected chi connectivity index (χ3v) is 3.80. The summed E-state index contributed by atoms with van der Waals surface area (Å²) < 4.78 is 0. The van der Waals surface area contributed by atoms with Crippen molar-refractivity contribution in [3.63, 3.8) is 0 Å². The molecule has 1 aromatic rings. The number of nitrogens with one attached hydrogen (secondary N) is 1. The molecule has 0 radical (unpaired) electrons. The Bertz CT molecular complexity index is 346. The van der Waals surface area contributed by atoms with Gasteiger partial charge in [0.25, 0.3) is 0 Å². The molecule has 1 aliphatic carbocycles. The van der Waals surface area contributed by atoms with Crippen LogP contribution >= 0.6 is 0 Å². The van der Waals surface area contributed by atoms with Crippen LogP contribution in [0.3, 0.4) is 0 Å². The quantitative estimate of drug-likeness (QED) is 0.747. The Labute approximate surface area is 105 Å². The van der Waals surface area contributed by atoms with Gasteiger partial charge in [0.2, 0.25) is 0 Å². The standard InChI is InChI=1S/C16H23N/c1-3-16(14-7-5-4-6-8-14)17-15-11-9-13(2)10-12-15/h3,9-12,14,16-17H,1,4-8H2,2H3/t16-/m0/s1. The highest BCUT2D eigenvalue weighted by Gasteiger charge is 2.20. The van der Waals surface area contributed by atoms with Crippen molar-refractivity contribution in [1.82, 2.24) is 0 Å². The van der Waals surface area contributed by atoms with Crippen LogP contribution in [0.2, 0.25) is 0 Å². The Hall–Kier alpha value is -1.24. The first kappa shape index (κ1) is 12.2. The molecule has 1 atom stereocenters. The molecule has 0 spiro atoms. The van der Waals surface area contributed by atoms with Crippen molar-refractivity contribution in [2.24, 2.45) is 5.92 Å². The van der Waals surface area contributed by atoms with Gasteiger partial charge in [0.1, 0.15) is 0 Å². The minimum absolute atomic E-state index is 0.429. The highest BCUT2D eigenvalue weighted by atomic mass is 14.9. The fourth-order valence-corrected chi connectivity index (χ4v) is 2.70. The van der Waals surface area contributed by atoms with E-state index < -0.39 is 0 Å². The summed E-state index contributed by atoms with van der Waals surface area (Å²) in [5.41, 5.74) is 2.52. The third-order valence-electron chi connectivity index (χ3n) is 3.80. The minimum atomic E-state index is 0.429. The molecule has 0 saturated heterocycles. The summed E-state index contributed by atoms with van der Waals surface area (Å²) in [7, 11) is 0. The van der Waals surface area contributed by atoms with Crippen LogP contribution in [-0.2, 0) is 0 Å². The van der Waals surface area contributed by atoms with Crippen molar-refractivity contribution in [1.29, 1.82) is 0 Å². The van der Waals surface area contributed by atoms with Crippen molar-refractivity contribution in [2.45, 2.75) is 45.1 Å². The molecule has 1 aromatic carbocycles. The van der Waals surface area contributed by atoms with Crippen molar-refractivity contribution in [3.05, 3.63) is 42.5 Å². The van der Waals surface area contributed by atoms with Gasteiger partial charge in [-0.05, 0) is 37.8 Å². The molecule has 0 heterocycles. The van der Waals surface area contributed by atoms with Crippen LogP contribution in [0.5, 0.6) is 0 Å². The highest BCUT2D eigenvalue weighted by molar-refractivity contribution is 5.46. The van der Waals surface area contributed by atoms with Crippen LogP contribution in [0.15, 0.2) is 36.9 Å². The molecule has 1 nitrogen and oxygen atoms in total. The second kappa shape index (κ2) is 5.90. The van der Waals surface area contributed by atoms with Gasteiger partial charge < -0.3 is 5.32 Å². The largest absolute Gasteiger partial charge is 0.379 e. The van der Waals surface area contributed by atoms with Crippen LogP contribution in [-0.4, -0.2) is 6.04 Å². The lowest BCUT2D eigenvalue weighted by atomic mass is 9.84. The van der Waals surface area contributed by atoms with E-state index >= 15 is 0 Å². The minimum Gasteiger partial charge on any atom is -0.379 e. The maximum atomic E-state index is 3.99. The SMILES string of the molecule is C=C[C@H](Nc1ccc(C)cc1)C1CCCCC1. The van der Waals surface area contributed by atoms with Gasteiger partial charge >= 0.3 is 0 Å². The molecule has 1 heteroatoms. The van der Waals surface area contributed by atoms with Gasteiger partial charge in [0, 0.05) is 11.7 Å². The predicted octanol–water partition coefficient (Wildman–Crippen LogP) is 4.54. The molecule has 0 bridgehead atoms. The lowest BCUT2D eigenvalue weighted by molar-refractivity contribution is 0.343. The molecule has 1 fully saturated rings. The van der Waals surface area contributed by atoms with Gasteiger partial charge in [-0.2, -0.15) is 0 Å². The first-order valence-electron chi connectivity index (χ1n) is 6.75. The fourth-order valence-electron chi connectivity index (χ4n) is 2.70. The molecule has 0 aromatic heterocycles. The number of hydrogen-bond acceptors (Lipinski definition) is 1. The molecular formula is C16H23N. The second-order valence-electron chi connectivity index (χ2n) is 5.17. The molecule has 17 heavy (non-hydrogen) atoms. The Balaban J connectivity index is 1.98. The Morgan fingerprint density at radius 2 is 1.82 bits per heavy atom. The fraction of sp³-hybridized carbons (Fsp3) is 0.500. The summed E-state index contributed by atoms with van der Waals surface area (Å²) in [6.45, 7) is 6.11. The van der Waals surface area contributed by atoms with Crippen LogP contribution < -0.4 is 5.32 Å². The number of anilines is 1. The molecule has 0 unspecified atom stereocenters. The predicted molar refractivity (Wildman–Crippen MR) is 75.4 cm³/mol. The van der Waals surface area contributed by atoms with Gasteiger partial charge in [-0.1, -0.05) is 43.0 Å². The lowest BCUT2D eigenvalue weighted by Gasteiger charge is -2.29. The van der Waals surface area contributed by atoms with E-state index in [0.717, 1.165) is 5.92 Å². The number of benzene rings is 1. The zero-order chi connectivity index (χ0) is 12.1. The lowest BCUT2D eigenvalue weighted by Crippen LogP contribution is -2.28. The molecule has 92 valence electrons. The second-order valence-corrected chi connectivity index (χ2v) is 5.17. The van der Waals surface area contributed by atoms with Gasteiger partial charge in [-0.25, -0.2) is 0 Å². The van der Waals surface area contributed by atoms with Gasteiger partial charge in [0.05, 0.1) is 0 Å². The monoisotopic (exact) mass is 229 g/mol. The van der Waals surface area contributed by atoms with E-state index in [1.165, 1.54) is 43.4 Å². The summed E-state index contributed by atoms with van der Waals surface area (Å²) in [5.74, 6) is 0.766. The highest BCUT2D eigenvalue weighted by Crippen LogP contribution is 2.28.